The molecule has 2 fully saturated rings. The van der Waals surface area contributed by atoms with Gasteiger partial charge in [0.15, 0.2) is 12.1 Å². The van der Waals surface area contributed by atoms with E-state index >= 15 is 0 Å². The second kappa shape index (κ2) is 10.2. The molecule has 0 bridgehead atoms. The summed E-state index contributed by atoms with van der Waals surface area (Å²) in [4.78, 5) is 34.3. The van der Waals surface area contributed by atoms with Gasteiger partial charge in [-0.2, -0.15) is 0 Å². The number of urea groups is 2. The number of aromatic nitrogens is 1. The van der Waals surface area contributed by atoms with E-state index in [1.54, 1.807) is 28.4 Å². The highest BCUT2D eigenvalue weighted by Gasteiger charge is 2.45. The van der Waals surface area contributed by atoms with Crippen LogP contribution in [0, 0.1) is 6.92 Å². The minimum absolute atomic E-state index is 0.143. The Bertz CT molecular complexity index is 1320. The lowest BCUT2D eigenvalue weighted by molar-refractivity contribution is -0.252. The van der Waals surface area contributed by atoms with Gasteiger partial charge in [0.1, 0.15) is 0 Å². The van der Waals surface area contributed by atoms with Crippen LogP contribution in [0.1, 0.15) is 24.4 Å². The third-order valence-corrected chi connectivity index (χ3v) is 8.31. The molecule has 2 aromatic carbocycles. The van der Waals surface area contributed by atoms with E-state index in [1.807, 2.05) is 51.1 Å². The summed E-state index contributed by atoms with van der Waals surface area (Å²) < 4.78 is 12.1. The zero-order chi connectivity index (χ0) is 26.4. The van der Waals surface area contributed by atoms with Gasteiger partial charge >= 0.3 is 12.1 Å². The first-order chi connectivity index (χ1) is 17.5. The van der Waals surface area contributed by atoms with Crippen LogP contribution in [0.15, 0.2) is 42.5 Å². The van der Waals surface area contributed by atoms with Crippen molar-refractivity contribution < 1.29 is 19.1 Å². The van der Waals surface area contributed by atoms with Crippen molar-refractivity contribution in [2.24, 2.45) is 0 Å². The van der Waals surface area contributed by atoms with Crippen LogP contribution < -0.4 is 10.6 Å². The van der Waals surface area contributed by atoms with Gasteiger partial charge in [-0.1, -0.05) is 46.3 Å². The van der Waals surface area contributed by atoms with Gasteiger partial charge in [0, 0.05) is 10.7 Å². The van der Waals surface area contributed by atoms with Crippen LogP contribution in [0.5, 0.6) is 0 Å². The molecule has 2 saturated heterocycles. The number of imide groups is 1. The summed E-state index contributed by atoms with van der Waals surface area (Å²) in [5.41, 5.74) is 2.56. The first kappa shape index (κ1) is 26.4. The highest BCUT2D eigenvalue weighted by atomic mass is 127. The minimum atomic E-state index is -0.763. The van der Waals surface area contributed by atoms with Crippen molar-refractivity contribution in [1.29, 1.82) is 0 Å². The Labute approximate surface area is 237 Å². The van der Waals surface area contributed by atoms with E-state index in [-0.39, 0.29) is 13.1 Å². The molecule has 0 saturated carbocycles. The summed E-state index contributed by atoms with van der Waals surface area (Å²) in [6.45, 7) is 6.76. The summed E-state index contributed by atoms with van der Waals surface area (Å²) in [6.07, 6.45) is -0.763. The Kier molecular flexibility index (Phi) is 7.26. The van der Waals surface area contributed by atoms with Crippen LogP contribution in [-0.4, -0.2) is 62.1 Å². The largest absolute Gasteiger partial charge is 0.349 e. The fraction of sp³-hybridized carbons (Fsp3) is 0.400. The van der Waals surface area contributed by atoms with Crippen LogP contribution in [0.3, 0.4) is 0 Å². The van der Waals surface area contributed by atoms with E-state index in [0.29, 0.717) is 18.2 Å². The number of hydrogen-bond donors (Lipinski definition) is 2. The SMILES string of the molecule is Cc1nc2ccc(NC3NC(=O)N(CC4(I)COC(C)(C)OC4)C(=O)N3Cc3ccc(Cl)cc3)cc2s1. The number of carbonyl (C=O) groups excluding carboxylic acids is 2. The van der Waals surface area contributed by atoms with E-state index in [4.69, 9.17) is 21.1 Å². The highest BCUT2D eigenvalue weighted by molar-refractivity contribution is 14.1. The smallest absolute Gasteiger partial charge is 0.331 e. The van der Waals surface area contributed by atoms with Crippen molar-refractivity contribution >= 4 is 73.5 Å². The molecule has 2 aliphatic rings. The number of nitrogens with one attached hydrogen (secondary N) is 2. The summed E-state index contributed by atoms with van der Waals surface area (Å²) in [6, 6.07) is 12.2. The molecule has 1 atom stereocenters. The van der Waals surface area contributed by atoms with E-state index in [2.05, 4.69) is 38.2 Å². The van der Waals surface area contributed by atoms with Gasteiger partial charge in [0.2, 0.25) is 0 Å². The maximum absolute atomic E-state index is 13.8. The fourth-order valence-corrected chi connectivity index (χ4v) is 5.82. The van der Waals surface area contributed by atoms with Crippen molar-refractivity contribution in [2.75, 3.05) is 25.1 Å². The van der Waals surface area contributed by atoms with Crippen LogP contribution in [0.25, 0.3) is 10.2 Å². The molecule has 1 aromatic heterocycles. The third kappa shape index (κ3) is 5.95. The number of ether oxygens (including phenoxy) is 2. The molecule has 3 aromatic rings. The van der Waals surface area contributed by atoms with E-state index in [0.717, 1.165) is 26.5 Å². The second-order valence-corrected chi connectivity index (χ2v) is 13.6. The first-order valence-corrected chi connectivity index (χ1v) is 14.0. The standard InChI is InChI=1S/C25H27ClIN5O4S/c1-15-28-19-9-8-18(10-20(19)37-15)29-21-30-22(33)32(12-25(27)13-35-24(2,3)36-14-25)23(34)31(21)11-16-4-6-17(26)7-5-16/h4-10,21,29H,11-14H2,1-3H3,(H,30,33). The van der Waals surface area contributed by atoms with Crippen molar-refractivity contribution in [3.63, 3.8) is 0 Å². The number of aryl methyl sites for hydroxylation is 1. The molecule has 196 valence electrons. The zero-order valence-electron chi connectivity index (χ0n) is 20.6. The average Bonchev–Trinajstić information content (AvgIpc) is 3.22. The molecule has 12 heteroatoms. The minimum Gasteiger partial charge on any atom is -0.349 e. The molecule has 5 rings (SSSR count). The van der Waals surface area contributed by atoms with Crippen molar-refractivity contribution in [2.45, 2.75) is 42.8 Å². The van der Waals surface area contributed by atoms with Crippen molar-refractivity contribution in [3.8, 4) is 0 Å². The lowest BCUT2D eigenvalue weighted by atomic mass is 10.1. The van der Waals surface area contributed by atoms with Crippen LogP contribution in [0.4, 0.5) is 15.3 Å². The Hall–Kier alpha value is -2.19. The summed E-state index contributed by atoms with van der Waals surface area (Å²) in [7, 11) is 0. The number of fused-ring (bicyclic) bond motifs is 1. The highest BCUT2D eigenvalue weighted by Crippen LogP contribution is 2.32. The van der Waals surface area contributed by atoms with Gasteiger partial charge in [-0.25, -0.2) is 19.5 Å². The number of alkyl halides is 1. The first-order valence-electron chi connectivity index (χ1n) is 11.7. The molecule has 0 spiro atoms. The number of halogens is 2. The van der Waals surface area contributed by atoms with Crippen LogP contribution in [0.2, 0.25) is 5.02 Å². The van der Waals surface area contributed by atoms with E-state index in [9.17, 15) is 9.59 Å². The molecule has 4 amide bonds. The summed E-state index contributed by atoms with van der Waals surface area (Å²) >= 11 is 9.88. The number of thiazole rings is 1. The predicted octanol–water partition coefficient (Wildman–Crippen LogP) is 5.56. The van der Waals surface area contributed by atoms with Crippen LogP contribution >= 0.6 is 45.5 Å². The predicted molar refractivity (Wildman–Crippen MR) is 152 cm³/mol. The molecule has 0 aliphatic carbocycles. The van der Waals surface area contributed by atoms with E-state index in [1.165, 1.54) is 4.90 Å². The summed E-state index contributed by atoms with van der Waals surface area (Å²) in [5, 5.41) is 7.86. The molecule has 9 nitrogen and oxygen atoms in total. The normalized spacial score (nSPS) is 21.3. The lowest BCUT2D eigenvalue weighted by Crippen LogP contribution is -2.69. The zero-order valence-corrected chi connectivity index (χ0v) is 24.3. The van der Waals surface area contributed by atoms with Gasteiger partial charge in [-0.3, -0.25) is 10.2 Å². The van der Waals surface area contributed by atoms with Crippen LogP contribution in [-0.2, 0) is 16.0 Å². The van der Waals surface area contributed by atoms with Crippen molar-refractivity contribution in [1.82, 2.24) is 20.1 Å². The van der Waals surface area contributed by atoms with Crippen molar-refractivity contribution in [3.05, 3.63) is 58.1 Å². The lowest BCUT2D eigenvalue weighted by Gasteiger charge is -2.45. The molecule has 2 N–H and O–H groups in total. The monoisotopic (exact) mass is 655 g/mol. The maximum Gasteiger partial charge on any atom is 0.331 e. The van der Waals surface area contributed by atoms with Gasteiger partial charge in [0.25, 0.3) is 0 Å². The Morgan fingerprint density at radius 3 is 2.59 bits per heavy atom. The number of hydrogen-bond acceptors (Lipinski definition) is 7. The Morgan fingerprint density at radius 1 is 1.19 bits per heavy atom. The maximum atomic E-state index is 13.8. The molecular weight excluding hydrogens is 629 g/mol. The number of nitrogens with zero attached hydrogens (tertiary/aromatic N) is 3. The number of amides is 4. The fourth-order valence-electron chi connectivity index (χ4n) is 4.18. The number of anilines is 1. The van der Waals surface area contributed by atoms with Gasteiger partial charge < -0.3 is 14.8 Å². The molecule has 2 aliphatic heterocycles. The van der Waals surface area contributed by atoms with Gasteiger partial charge in [0.05, 0.1) is 44.9 Å². The molecule has 0 radical (unpaired) electrons. The Balaban J connectivity index is 1.40. The average molecular weight is 656 g/mol. The van der Waals surface area contributed by atoms with E-state index < -0.39 is 27.6 Å². The second-order valence-electron chi connectivity index (χ2n) is 9.66. The number of carbonyl (C=O) groups is 2. The number of benzene rings is 2. The third-order valence-electron chi connectivity index (χ3n) is 6.16. The quantitative estimate of drug-likeness (QED) is 0.267. The Morgan fingerprint density at radius 2 is 1.89 bits per heavy atom. The molecular formula is C25H27ClIN5O4S. The number of rotatable bonds is 6. The van der Waals surface area contributed by atoms with Gasteiger partial charge in [-0.15, -0.1) is 11.3 Å². The summed E-state index contributed by atoms with van der Waals surface area (Å²) in [5.74, 6) is -0.698. The molecule has 37 heavy (non-hydrogen) atoms. The molecule has 1 unspecified atom stereocenters. The molecule has 3 heterocycles. The topological polar surface area (TPSA) is 96.0 Å². The van der Waals surface area contributed by atoms with Gasteiger partial charge in [-0.05, 0) is 56.7 Å².